The van der Waals surface area contributed by atoms with Crippen LogP contribution in [-0.4, -0.2) is 16.8 Å². The van der Waals surface area contributed by atoms with Crippen molar-refractivity contribution in [2.24, 2.45) is 11.8 Å². The topological polar surface area (TPSA) is 86.7 Å². The van der Waals surface area contributed by atoms with Crippen molar-refractivity contribution >= 4 is 52.1 Å². The largest absolute Gasteiger partial charge is 0.379 e. The third-order valence-corrected chi connectivity index (χ3v) is 9.82. The average molecular weight is 668 g/mol. The first-order valence-corrected chi connectivity index (χ1v) is 15.6. The number of benzene rings is 3. The van der Waals surface area contributed by atoms with Crippen molar-refractivity contribution in [3.05, 3.63) is 106 Å². The van der Waals surface area contributed by atoms with Crippen LogP contribution >= 0.6 is 31.9 Å². The van der Waals surface area contributed by atoms with Crippen LogP contribution in [0.5, 0.6) is 11.5 Å². The molecule has 194 valence electrons. The van der Waals surface area contributed by atoms with E-state index >= 15 is 0 Å². The molecule has 6 nitrogen and oxygen atoms in total. The molecule has 0 amide bonds. The normalized spacial score (nSPS) is 17.5. The molecule has 0 saturated heterocycles. The van der Waals surface area contributed by atoms with Gasteiger partial charge >= 0.3 is 20.2 Å². The van der Waals surface area contributed by atoms with E-state index in [1.54, 1.807) is 30.3 Å². The molecule has 0 unspecified atom stereocenters. The van der Waals surface area contributed by atoms with Crippen molar-refractivity contribution in [1.82, 2.24) is 0 Å². The highest BCUT2D eigenvalue weighted by Crippen LogP contribution is 2.44. The van der Waals surface area contributed by atoms with E-state index in [1.807, 2.05) is 6.92 Å². The smallest absolute Gasteiger partial charge is 0.339 e. The predicted molar refractivity (Wildman–Crippen MR) is 150 cm³/mol. The first-order chi connectivity index (χ1) is 17.4. The van der Waals surface area contributed by atoms with Gasteiger partial charge < -0.3 is 8.37 Å². The molecule has 0 spiro atoms. The zero-order valence-electron chi connectivity index (χ0n) is 19.9. The fourth-order valence-electron chi connectivity index (χ4n) is 4.33. The summed E-state index contributed by atoms with van der Waals surface area (Å²) in [4.78, 5) is -0.00249. The number of allylic oxidation sites excluding steroid dienone is 2. The minimum atomic E-state index is -4.14. The van der Waals surface area contributed by atoms with E-state index < -0.39 is 20.2 Å². The lowest BCUT2D eigenvalue weighted by atomic mass is 9.72. The van der Waals surface area contributed by atoms with Crippen molar-refractivity contribution in [2.75, 3.05) is 0 Å². The molecule has 0 aromatic heterocycles. The van der Waals surface area contributed by atoms with Crippen molar-refractivity contribution in [1.29, 1.82) is 0 Å². The Morgan fingerprint density at radius 2 is 1.19 bits per heavy atom. The van der Waals surface area contributed by atoms with Gasteiger partial charge in [0.1, 0.15) is 21.3 Å². The van der Waals surface area contributed by atoms with Gasteiger partial charge in [-0.05, 0) is 92.3 Å². The average Bonchev–Trinajstić information content (AvgIpc) is 2.85. The van der Waals surface area contributed by atoms with Crippen LogP contribution in [-0.2, 0) is 33.1 Å². The molecule has 0 bridgehead atoms. The Labute approximate surface area is 234 Å². The molecule has 0 aliphatic heterocycles. The maximum Gasteiger partial charge on any atom is 0.339 e. The lowest BCUT2D eigenvalue weighted by molar-refractivity contribution is 0.401. The van der Waals surface area contributed by atoms with Crippen LogP contribution in [0.2, 0.25) is 0 Å². The SMILES string of the molecule is C=C[C@@H]1Cc2c(OS(=O)(=O)c3ccc(Br)cc3)ccc(OS(=O)(=O)c3ccc(Br)cc3)c2C[C@@H]1C(=C)C. The summed E-state index contributed by atoms with van der Waals surface area (Å²) >= 11 is 6.59. The molecule has 1 aliphatic carbocycles. The second-order valence-corrected chi connectivity index (χ2v) is 13.7. The maximum atomic E-state index is 13.1. The summed E-state index contributed by atoms with van der Waals surface area (Å²) in [5.74, 6) is 0.181. The summed E-state index contributed by atoms with van der Waals surface area (Å²) in [6.45, 7) is 9.95. The lowest BCUT2D eigenvalue weighted by Crippen LogP contribution is -2.26. The van der Waals surface area contributed by atoms with Gasteiger partial charge in [0.2, 0.25) is 0 Å². The minimum absolute atomic E-state index is 0.00109. The van der Waals surface area contributed by atoms with Crippen LogP contribution in [0.1, 0.15) is 18.1 Å². The zero-order chi connectivity index (χ0) is 27.0. The fraction of sp³-hybridized carbons (Fsp3) is 0.185. The van der Waals surface area contributed by atoms with Gasteiger partial charge in [0, 0.05) is 20.1 Å². The number of hydrogen-bond acceptors (Lipinski definition) is 6. The molecule has 0 N–H and O–H groups in total. The van der Waals surface area contributed by atoms with Crippen LogP contribution in [0.4, 0.5) is 0 Å². The first-order valence-electron chi connectivity index (χ1n) is 11.2. The number of fused-ring (bicyclic) bond motifs is 1. The standard InChI is InChI=1S/C27H24Br2O6S2/c1-4-18-15-24-25(16-23(18)17(2)3)27(35-37(32,33)22-11-7-20(29)8-12-22)14-13-26(24)34-36(30,31)21-9-5-19(28)6-10-21/h4-14,18,23H,1-2,15-16H2,3H3/t18-,23-/m1/s1. The molecule has 3 aromatic carbocycles. The van der Waals surface area contributed by atoms with E-state index in [0.29, 0.717) is 24.0 Å². The van der Waals surface area contributed by atoms with Gasteiger partial charge in [0.25, 0.3) is 0 Å². The first kappa shape index (κ1) is 27.6. The van der Waals surface area contributed by atoms with E-state index in [9.17, 15) is 16.8 Å². The Bertz CT molecular complexity index is 1560. The van der Waals surface area contributed by atoms with Crippen LogP contribution in [0.15, 0.2) is 104 Å². The molecule has 0 heterocycles. The summed E-state index contributed by atoms with van der Waals surface area (Å²) in [6, 6.07) is 15.1. The molecule has 2 atom stereocenters. The van der Waals surface area contributed by atoms with E-state index in [0.717, 1.165) is 14.5 Å². The van der Waals surface area contributed by atoms with Crippen molar-refractivity contribution < 1.29 is 25.2 Å². The zero-order valence-corrected chi connectivity index (χ0v) is 24.7. The van der Waals surface area contributed by atoms with Gasteiger partial charge in [0.05, 0.1) is 0 Å². The molecule has 0 saturated carbocycles. The maximum absolute atomic E-state index is 13.1. The van der Waals surface area contributed by atoms with Crippen molar-refractivity contribution in [3.8, 4) is 11.5 Å². The highest BCUT2D eigenvalue weighted by Gasteiger charge is 2.34. The molecule has 1 aliphatic rings. The Morgan fingerprint density at radius 1 is 0.784 bits per heavy atom. The number of rotatable bonds is 8. The summed E-state index contributed by atoms with van der Waals surface area (Å²) in [6.07, 6.45) is 2.58. The molecule has 4 rings (SSSR count). The molecule has 0 radical (unpaired) electrons. The molecular weight excluding hydrogens is 644 g/mol. The van der Waals surface area contributed by atoms with Gasteiger partial charge in [-0.3, -0.25) is 0 Å². The summed E-state index contributed by atoms with van der Waals surface area (Å²) in [5.41, 5.74) is 2.04. The van der Waals surface area contributed by atoms with E-state index in [-0.39, 0.29) is 33.1 Å². The van der Waals surface area contributed by atoms with Gasteiger partial charge in [-0.1, -0.05) is 50.1 Å². The van der Waals surface area contributed by atoms with Crippen molar-refractivity contribution in [3.63, 3.8) is 0 Å². The summed E-state index contributed by atoms with van der Waals surface area (Å²) in [5, 5.41) is 0. The third-order valence-electron chi connectivity index (χ3n) is 6.27. The van der Waals surface area contributed by atoms with Gasteiger partial charge in [-0.2, -0.15) is 16.8 Å². The van der Waals surface area contributed by atoms with Crippen LogP contribution in [0.25, 0.3) is 0 Å². The Kier molecular flexibility index (Phi) is 8.04. The Hall–Kier alpha value is -2.40. The molecule has 37 heavy (non-hydrogen) atoms. The monoisotopic (exact) mass is 666 g/mol. The molecule has 3 aromatic rings. The number of halogens is 2. The summed E-state index contributed by atoms with van der Waals surface area (Å²) < 4.78 is 64.9. The van der Waals surface area contributed by atoms with Crippen LogP contribution < -0.4 is 8.37 Å². The van der Waals surface area contributed by atoms with Gasteiger partial charge in [-0.15, -0.1) is 6.58 Å². The van der Waals surface area contributed by atoms with E-state index in [4.69, 9.17) is 8.37 Å². The third kappa shape index (κ3) is 6.03. The fourth-order valence-corrected chi connectivity index (χ4v) is 6.77. The second-order valence-electron chi connectivity index (χ2n) is 8.76. The van der Waals surface area contributed by atoms with Crippen LogP contribution in [0.3, 0.4) is 0 Å². The lowest BCUT2D eigenvalue weighted by Gasteiger charge is -2.33. The minimum Gasteiger partial charge on any atom is -0.379 e. The van der Waals surface area contributed by atoms with Gasteiger partial charge in [-0.25, -0.2) is 0 Å². The van der Waals surface area contributed by atoms with Crippen molar-refractivity contribution in [2.45, 2.75) is 29.6 Å². The quantitative estimate of drug-likeness (QED) is 0.193. The van der Waals surface area contributed by atoms with E-state index in [1.165, 1.54) is 36.4 Å². The molecular formula is C27H24Br2O6S2. The highest BCUT2D eigenvalue weighted by molar-refractivity contribution is 9.10. The Balaban J connectivity index is 1.79. The molecule has 10 heteroatoms. The van der Waals surface area contributed by atoms with E-state index in [2.05, 4.69) is 45.0 Å². The number of hydrogen-bond donors (Lipinski definition) is 0. The predicted octanol–water partition coefficient (Wildman–Crippen LogP) is 6.84. The second kappa shape index (κ2) is 10.8. The molecule has 0 fully saturated rings. The Morgan fingerprint density at radius 3 is 1.57 bits per heavy atom. The van der Waals surface area contributed by atoms with Crippen LogP contribution in [0, 0.1) is 11.8 Å². The van der Waals surface area contributed by atoms with Gasteiger partial charge in [0.15, 0.2) is 0 Å². The summed E-state index contributed by atoms with van der Waals surface area (Å²) in [7, 11) is -8.28. The highest BCUT2D eigenvalue weighted by atomic mass is 79.9.